The van der Waals surface area contributed by atoms with Crippen LogP contribution in [0.25, 0.3) is 0 Å². The fourth-order valence-corrected chi connectivity index (χ4v) is 1.35. The molecule has 0 aliphatic heterocycles. The number of rotatable bonds is 1. The Bertz CT molecular complexity index is 302. The zero-order chi connectivity index (χ0) is 10.1. The van der Waals surface area contributed by atoms with Gasteiger partial charge in [0, 0.05) is 0 Å². The van der Waals surface area contributed by atoms with Crippen molar-refractivity contribution in [2.24, 2.45) is 5.41 Å². The van der Waals surface area contributed by atoms with E-state index in [1.165, 1.54) is 0 Å². The summed E-state index contributed by atoms with van der Waals surface area (Å²) >= 11 is 5.70. The third-order valence-electron chi connectivity index (χ3n) is 1.70. The van der Waals surface area contributed by atoms with Crippen LogP contribution < -0.4 is 5.73 Å². The number of pyridine rings is 1. The first-order valence-corrected chi connectivity index (χ1v) is 4.67. The lowest BCUT2D eigenvalue weighted by atomic mass is 9.88. The highest BCUT2D eigenvalue weighted by molar-refractivity contribution is 6.29. The SMILES string of the molecule is CC(C)(C)Cc1ccc(Cl)nc1N. The highest BCUT2D eigenvalue weighted by Crippen LogP contribution is 2.24. The monoisotopic (exact) mass is 198 g/mol. The zero-order valence-electron chi connectivity index (χ0n) is 8.26. The summed E-state index contributed by atoms with van der Waals surface area (Å²) in [6.07, 6.45) is 0.920. The highest BCUT2D eigenvalue weighted by Gasteiger charge is 2.13. The lowest BCUT2D eigenvalue weighted by Gasteiger charge is -2.18. The predicted molar refractivity (Wildman–Crippen MR) is 56.8 cm³/mol. The number of hydrogen-bond donors (Lipinski definition) is 1. The van der Waals surface area contributed by atoms with Crippen molar-refractivity contribution in [1.82, 2.24) is 4.98 Å². The Morgan fingerprint density at radius 2 is 2.00 bits per heavy atom. The van der Waals surface area contributed by atoms with E-state index in [2.05, 4.69) is 25.8 Å². The Kier molecular flexibility index (Phi) is 2.81. The van der Waals surface area contributed by atoms with E-state index in [0.29, 0.717) is 11.0 Å². The van der Waals surface area contributed by atoms with Gasteiger partial charge in [-0.1, -0.05) is 38.4 Å². The third kappa shape index (κ3) is 3.23. The molecule has 3 heteroatoms. The van der Waals surface area contributed by atoms with E-state index in [4.69, 9.17) is 17.3 Å². The molecule has 13 heavy (non-hydrogen) atoms. The molecule has 1 heterocycles. The molecule has 1 aromatic rings. The molecule has 0 saturated carbocycles. The van der Waals surface area contributed by atoms with Crippen LogP contribution in [0.4, 0.5) is 5.82 Å². The number of aromatic nitrogens is 1. The van der Waals surface area contributed by atoms with Gasteiger partial charge < -0.3 is 5.73 Å². The van der Waals surface area contributed by atoms with Gasteiger partial charge in [-0.15, -0.1) is 0 Å². The molecule has 1 rings (SSSR count). The first-order valence-electron chi connectivity index (χ1n) is 4.29. The van der Waals surface area contributed by atoms with Crippen molar-refractivity contribution in [1.29, 1.82) is 0 Å². The number of nitrogens with zero attached hydrogens (tertiary/aromatic N) is 1. The Labute approximate surface area is 84.1 Å². The van der Waals surface area contributed by atoms with Crippen molar-refractivity contribution in [3.63, 3.8) is 0 Å². The second-order valence-electron chi connectivity index (χ2n) is 4.42. The minimum absolute atomic E-state index is 0.226. The largest absolute Gasteiger partial charge is 0.383 e. The molecule has 0 saturated heterocycles. The van der Waals surface area contributed by atoms with Crippen molar-refractivity contribution in [2.45, 2.75) is 27.2 Å². The average Bonchev–Trinajstić information content (AvgIpc) is 1.93. The molecular weight excluding hydrogens is 184 g/mol. The van der Waals surface area contributed by atoms with Crippen molar-refractivity contribution in [3.8, 4) is 0 Å². The number of nitrogens with two attached hydrogens (primary N) is 1. The van der Waals surface area contributed by atoms with Crippen molar-refractivity contribution < 1.29 is 0 Å². The Morgan fingerprint density at radius 3 is 2.46 bits per heavy atom. The number of halogens is 1. The quantitative estimate of drug-likeness (QED) is 0.705. The maximum atomic E-state index is 5.73. The van der Waals surface area contributed by atoms with Gasteiger partial charge in [0.15, 0.2) is 0 Å². The van der Waals surface area contributed by atoms with Crippen LogP contribution in [0.2, 0.25) is 5.15 Å². The van der Waals surface area contributed by atoms with Crippen molar-refractivity contribution in [3.05, 3.63) is 22.8 Å². The number of hydrogen-bond acceptors (Lipinski definition) is 2. The molecule has 0 aliphatic rings. The number of nitrogen functional groups attached to an aromatic ring is 1. The van der Waals surface area contributed by atoms with Crippen LogP contribution in [-0.2, 0) is 6.42 Å². The Morgan fingerprint density at radius 1 is 1.38 bits per heavy atom. The Balaban J connectivity index is 2.90. The molecule has 0 radical (unpaired) electrons. The smallest absolute Gasteiger partial charge is 0.131 e. The molecule has 1 aromatic heterocycles. The standard InChI is InChI=1S/C10H15ClN2/c1-10(2,3)6-7-4-5-8(11)13-9(7)12/h4-5H,6H2,1-3H3,(H2,12,13). The molecule has 2 N–H and O–H groups in total. The molecule has 0 atom stereocenters. The summed E-state index contributed by atoms with van der Waals surface area (Å²) in [7, 11) is 0. The fraction of sp³-hybridized carbons (Fsp3) is 0.500. The van der Waals surface area contributed by atoms with Gasteiger partial charge in [-0.25, -0.2) is 4.98 Å². The summed E-state index contributed by atoms with van der Waals surface area (Å²) < 4.78 is 0. The lowest BCUT2D eigenvalue weighted by Crippen LogP contribution is -2.11. The minimum atomic E-state index is 0.226. The van der Waals surface area contributed by atoms with E-state index in [1.807, 2.05) is 6.07 Å². The molecule has 0 fully saturated rings. The molecule has 0 bridgehead atoms. The first kappa shape index (κ1) is 10.3. The molecule has 0 amide bonds. The summed E-state index contributed by atoms with van der Waals surface area (Å²) in [5.74, 6) is 0.544. The van der Waals surface area contributed by atoms with Crippen LogP contribution in [0, 0.1) is 5.41 Å². The van der Waals surface area contributed by atoms with E-state index < -0.39 is 0 Å². The van der Waals surface area contributed by atoms with E-state index in [9.17, 15) is 0 Å². The van der Waals surface area contributed by atoms with E-state index in [1.54, 1.807) is 6.07 Å². The van der Waals surface area contributed by atoms with Gasteiger partial charge in [0.1, 0.15) is 11.0 Å². The van der Waals surface area contributed by atoms with Gasteiger partial charge >= 0.3 is 0 Å². The lowest BCUT2D eigenvalue weighted by molar-refractivity contribution is 0.411. The molecule has 0 aromatic carbocycles. The van der Waals surface area contributed by atoms with Crippen LogP contribution in [-0.4, -0.2) is 4.98 Å². The first-order chi connectivity index (χ1) is 5.88. The van der Waals surface area contributed by atoms with Crippen molar-refractivity contribution in [2.75, 3.05) is 5.73 Å². The molecule has 0 spiro atoms. The van der Waals surface area contributed by atoms with E-state index in [0.717, 1.165) is 12.0 Å². The van der Waals surface area contributed by atoms with Crippen LogP contribution >= 0.6 is 11.6 Å². The summed E-state index contributed by atoms with van der Waals surface area (Å²) in [5, 5.41) is 0.454. The van der Waals surface area contributed by atoms with Crippen LogP contribution in [0.1, 0.15) is 26.3 Å². The topological polar surface area (TPSA) is 38.9 Å². The molecule has 72 valence electrons. The maximum Gasteiger partial charge on any atom is 0.131 e. The molecule has 2 nitrogen and oxygen atoms in total. The second-order valence-corrected chi connectivity index (χ2v) is 4.80. The molecule has 0 aliphatic carbocycles. The summed E-state index contributed by atoms with van der Waals surface area (Å²) in [5.41, 5.74) is 7.03. The predicted octanol–water partition coefficient (Wildman–Crippen LogP) is 2.91. The average molecular weight is 199 g/mol. The summed E-state index contributed by atoms with van der Waals surface area (Å²) in [6, 6.07) is 3.72. The minimum Gasteiger partial charge on any atom is -0.383 e. The Hall–Kier alpha value is -0.760. The van der Waals surface area contributed by atoms with Gasteiger partial charge in [-0.2, -0.15) is 0 Å². The molecular formula is C10H15ClN2. The molecule has 0 unspecified atom stereocenters. The van der Waals surface area contributed by atoms with Gasteiger partial charge in [0.05, 0.1) is 0 Å². The summed E-state index contributed by atoms with van der Waals surface area (Å²) in [4.78, 5) is 4.00. The maximum absolute atomic E-state index is 5.73. The number of anilines is 1. The zero-order valence-corrected chi connectivity index (χ0v) is 9.02. The highest BCUT2D eigenvalue weighted by atomic mass is 35.5. The van der Waals surface area contributed by atoms with Gasteiger partial charge in [0.2, 0.25) is 0 Å². The van der Waals surface area contributed by atoms with Gasteiger partial charge in [0.25, 0.3) is 0 Å². The van der Waals surface area contributed by atoms with E-state index >= 15 is 0 Å². The van der Waals surface area contributed by atoms with Crippen molar-refractivity contribution >= 4 is 17.4 Å². The second kappa shape index (κ2) is 3.54. The normalized spacial score (nSPS) is 11.7. The van der Waals surface area contributed by atoms with Gasteiger partial charge in [-0.3, -0.25) is 0 Å². The van der Waals surface area contributed by atoms with Crippen LogP contribution in [0.5, 0.6) is 0 Å². The van der Waals surface area contributed by atoms with Gasteiger partial charge in [-0.05, 0) is 23.5 Å². The summed E-state index contributed by atoms with van der Waals surface area (Å²) in [6.45, 7) is 6.50. The van der Waals surface area contributed by atoms with Crippen LogP contribution in [0.15, 0.2) is 12.1 Å². The third-order valence-corrected chi connectivity index (χ3v) is 1.91. The van der Waals surface area contributed by atoms with E-state index in [-0.39, 0.29) is 5.41 Å². The van der Waals surface area contributed by atoms with Crippen LogP contribution in [0.3, 0.4) is 0 Å². The fourth-order valence-electron chi connectivity index (χ4n) is 1.20.